The number of benzene rings is 2. The summed E-state index contributed by atoms with van der Waals surface area (Å²) in [6.45, 7) is 1.10. The first-order valence-corrected chi connectivity index (χ1v) is 9.17. The first kappa shape index (κ1) is 17.7. The second kappa shape index (κ2) is 8.34. The molecule has 1 fully saturated rings. The average Bonchev–Trinajstić information content (AvgIpc) is 2.61. The fraction of sp³-hybridized carbons (Fsp3) is 0.476. The zero-order valence-electron chi connectivity index (χ0n) is 15.2. The lowest BCUT2D eigenvalue weighted by Crippen LogP contribution is -2.46. The molecule has 0 radical (unpaired) electrons. The number of nitrogens with zero attached hydrogens (tertiary/aromatic N) is 1. The van der Waals surface area contributed by atoms with Gasteiger partial charge in [-0.15, -0.1) is 0 Å². The molecule has 2 aromatic rings. The van der Waals surface area contributed by atoms with Crippen molar-refractivity contribution in [3.05, 3.63) is 42.5 Å². The number of ether oxygens (including phenoxy) is 1. The summed E-state index contributed by atoms with van der Waals surface area (Å²) in [5, 5.41) is 5.49. The molecule has 0 bridgehead atoms. The molecule has 0 heterocycles. The quantitative estimate of drug-likeness (QED) is 0.876. The number of rotatable bonds is 6. The van der Waals surface area contributed by atoms with Crippen LogP contribution in [0.2, 0.25) is 0 Å². The Hall–Kier alpha value is -2.07. The van der Waals surface area contributed by atoms with E-state index in [0.717, 1.165) is 24.1 Å². The van der Waals surface area contributed by atoms with E-state index in [9.17, 15) is 4.79 Å². The van der Waals surface area contributed by atoms with Gasteiger partial charge < -0.3 is 15.0 Å². The zero-order valence-corrected chi connectivity index (χ0v) is 15.2. The number of carbonyl (C=O) groups is 1. The van der Waals surface area contributed by atoms with Gasteiger partial charge in [0, 0.05) is 12.6 Å². The number of carbonyl (C=O) groups excluding carboxylic acids is 1. The maximum Gasteiger partial charge on any atom is 0.258 e. The average molecular weight is 340 g/mol. The van der Waals surface area contributed by atoms with Crippen molar-refractivity contribution in [1.82, 2.24) is 10.2 Å². The summed E-state index contributed by atoms with van der Waals surface area (Å²) in [6.07, 6.45) is 4.72. The largest absolute Gasteiger partial charge is 0.484 e. The van der Waals surface area contributed by atoms with E-state index in [-0.39, 0.29) is 18.6 Å². The predicted molar refractivity (Wildman–Crippen MR) is 102 cm³/mol. The maximum atomic E-state index is 12.3. The molecular formula is C21H28N2O2. The molecule has 0 spiro atoms. The molecule has 4 heteroatoms. The van der Waals surface area contributed by atoms with Gasteiger partial charge in [-0.1, -0.05) is 43.2 Å². The monoisotopic (exact) mass is 340 g/mol. The van der Waals surface area contributed by atoms with E-state index in [1.807, 2.05) is 30.3 Å². The number of hydrogen-bond acceptors (Lipinski definition) is 3. The van der Waals surface area contributed by atoms with Gasteiger partial charge in [0.05, 0.1) is 0 Å². The summed E-state index contributed by atoms with van der Waals surface area (Å²) in [4.78, 5) is 14.5. The van der Waals surface area contributed by atoms with Gasteiger partial charge >= 0.3 is 0 Å². The summed E-state index contributed by atoms with van der Waals surface area (Å²) in [7, 11) is 4.19. The summed E-state index contributed by atoms with van der Waals surface area (Å²) < 4.78 is 5.71. The van der Waals surface area contributed by atoms with Crippen molar-refractivity contribution < 1.29 is 9.53 Å². The van der Waals surface area contributed by atoms with Gasteiger partial charge in [-0.3, -0.25) is 4.79 Å². The van der Waals surface area contributed by atoms with Crippen LogP contribution in [0.4, 0.5) is 0 Å². The smallest absolute Gasteiger partial charge is 0.258 e. The minimum Gasteiger partial charge on any atom is -0.484 e. The van der Waals surface area contributed by atoms with Crippen LogP contribution in [0, 0.1) is 5.92 Å². The lowest BCUT2D eigenvalue weighted by atomic mass is 9.84. The number of nitrogens with one attached hydrogen (secondary N) is 1. The third kappa shape index (κ3) is 4.95. The molecular weight excluding hydrogens is 312 g/mol. The second-order valence-electron chi connectivity index (χ2n) is 7.28. The Morgan fingerprint density at radius 2 is 1.88 bits per heavy atom. The lowest BCUT2D eigenvalue weighted by Gasteiger charge is -2.33. The van der Waals surface area contributed by atoms with Crippen LogP contribution in [0.1, 0.15) is 25.7 Å². The van der Waals surface area contributed by atoms with Crippen molar-refractivity contribution in [3.8, 4) is 5.75 Å². The van der Waals surface area contributed by atoms with E-state index >= 15 is 0 Å². The summed E-state index contributed by atoms with van der Waals surface area (Å²) >= 11 is 0. The molecule has 1 saturated carbocycles. The maximum absolute atomic E-state index is 12.3. The highest BCUT2D eigenvalue weighted by atomic mass is 16.5. The van der Waals surface area contributed by atoms with E-state index < -0.39 is 0 Å². The first-order valence-electron chi connectivity index (χ1n) is 9.17. The van der Waals surface area contributed by atoms with Crippen molar-refractivity contribution in [3.63, 3.8) is 0 Å². The lowest BCUT2D eigenvalue weighted by molar-refractivity contribution is -0.124. The molecule has 3 rings (SSSR count). The molecule has 0 saturated heterocycles. The molecule has 0 aliphatic heterocycles. The molecule has 1 aliphatic carbocycles. The van der Waals surface area contributed by atoms with Crippen LogP contribution >= 0.6 is 0 Å². The Morgan fingerprint density at radius 1 is 1.12 bits per heavy atom. The Bertz CT molecular complexity index is 714. The molecule has 2 unspecified atom stereocenters. The van der Waals surface area contributed by atoms with Crippen LogP contribution < -0.4 is 10.1 Å². The Morgan fingerprint density at radius 3 is 2.68 bits per heavy atom. The van der Waals surface area contributed by atoms with Gasteiger partial charge in [0.1, 0.15) is 5.75 Å². The summed E-state index contributed by atoms with van der Waals surface area (Å²) in [5.41, 5.74) is 0. The predicted octanol–water partition coefficient (Wildman–Crippen LogP) is 3.46. The van der Waals surface area contributed by atoms with Gasteiger partial charge in [0.2, 0.25) is 0 Å². The number of fused-ring (bicyclic) bond motifs is 1. The number of hydrogen-bond donors (Lipinski definition) is 1. The molecule has 1 amide bonds. The van der Waals surface area contributed by atoms with Crippen LogP contribution in [0.15, 0.2) is 42.5 Å². The third-order valence-electron chi connectivity index (χ3n) is 4.95. The van der Waals surface area contributed by atoms with Crippen LogP contribution in [-0.2, 0) is 4.79 Å². The Labute approximate surface area is 150 Å². The van der Waals surface area contributed by atoms with Crippen molar-refractivity contribution in [2.45, 2.75) is 31.7 Å². The molecule has 25 heavy (non-hydrogen) atoms. The Kier molecular flexibility index (Phi) is 5.92. The van der Waals surface area contributed by atoms with E-state index in [2.05, 4.69) is 36.4 Å². The number of amides is 1. The van der Waals surface area contributed by atoms with E-state index in [0.29, 0.717) is 5.92 Å². The topological polar surface area (TPSA) is 41.6 Å². The highest BCUT2D eigenvalue weighted by molar-refractivity contribution is 5.84. The van der Waals surface area contributed by atoms with Crippen molar-refractivity contribution >= 4 is 16.7 Å². The summed E-state index contributed by atoms with van der Waals surface area (Å²) in [5.74, 6) is 1.25. The second-order valence-corrected chi connectivity index (χ2v) is 7.28. The summed E-state index contributed by atoms with van der Waals surface area (Å²) in [6, 6.07) is 14.3. The molecule has 1 N–H and O–H groups in total. The van der Waals surface area contributed by atoms with Crippen molar-refractivity contribution in [2.24, 2.45) is 5.92 Å². The molecule has 2 aromatic carbocycles. The molecule has 1 aliphatic rings. The van der Waals surface area contributed by atoms with Crippen molar-refractivity contribution in [1.29, 1.82) is 0 Å². The van der Waals surface area contributed by atoms with E-state index in [4.69, 9.17) is 4.74 Å². The highest BCUT2D eigenvalue weighted by Crippen LogP contribution is 2.25. The van der Waals surface area contributed by atoms with Crippen LogP contribution in [0.5, 0.6) is 5.75 Å². The molecule has 0 aromatic heterocycles. The minimum absolute atomic E-state index is 0.0242. The van der Waals surface area contributed by atoms with Gasteiger partial charge in [0.25, 0.3) is 5.91 Å². The van der Waals surface area contributed by atoms with Crippen LogP contribution in [-0.4, -0.2) is 44.1 Å². The third-order valence-corrected chi connectivity index (χ3v) is 4.95. The van der Waals surface area contributed by atoms with Crippen LogP contribution in [0.3, 0.4) is 0 Å². The Balaban J connectivity index is 1.54. The molecule has 2 atom stereocenters. The van der Waals surface area contributed by atoms with Gasteiger partial charge in [-0.05, 0) is 55.8 Å². The standard InChI is InChI=1S/C21H28N2O2/c1-23(2)14-18-9-5-6-10-20(18)22-21(24)15-25-19-12-11-16-7-3-4-8-17(16)13-19/h3-4,7-8,11-13,18,20H,5-6,9-10,14-15H2,1-2H3,(H,22,24). The van der Waals surface area contributed by atoms with Gasteiger partial charge in [-0.2, -0.15) is 0 Å². The SMILES string of the molecule is CN(C)CC1CCCCC1NC(=O)COc1ccc2ccccc2c1. The van der Waals surface area contributed by atoms with Crippen molar-refractivity contribution in [2.75, 3.05) is 27.2 Å². The van der Waals surface area contributed by atoms with Crippen LogP contribution in [0.25, 0.3) is 10.8 Å². The first-order chi connectivity index (χ1) is 12.1. The van der Waals surface area contributed by atoms with E-state index in [1.165, 1.54) is 24.6 Å². The van der Waals surface area contributed by atoms with Gasteiger partial charge in [0.15, 0.2) is 6.61 Å². The zero-order chi connectivity index (χ0) is 17.6. The minimum atomic E-state index is -0.0242. The molecule has 4 nitrogen and oxygen atoms in total. The van der Waals surface area contributed by atoms with E-state index in [1.54, 1.807) is 0 Å². The highest BCUT2D eigenvalue weighted by Gasteiger charge is 2.26. The fourth-order valence-corrected chi connectivity index (χ4v) is 3.74. The molecule has 134 valence electrons. The van der Waals surface area contributed by atoms with Gasteiger partial charge in [-0.25, -0.2) is 0 Å². The fourth-order valence-electron chi connectivity index (χ4n) is 3.74. The normalized spacial score (nSPS) is 20.6.